The van der Waals surface area contributed by atoms with E-state index in [1.807, 2.05) is 42.5 Å². The molecule has 0 saturated carbocycles. The fraction of sp³-hybridized carbons (Fsp3) is 0.312. The first-order chi connectivity index (χ1) is 9.79. The maximum Gasteiger partial charge on any atom is 0.119 e. The zero-order valence-corrected chi connectivity index (χ0v) is 12.5. The van der Waals surface area contributed by atoms with E-state index in [2.05, 4.69) is 11.9 Å². The van der Waals surface area contributed by atoms with Crippen LogP contribution >= 0.6 is 11.8 Å². The maximum absolute atomic E-state index is 6.20. The third-order valence-electron chi connectivity index (χ3n) is 2.83. The third kappa shape index (κ3) is 4.54. The molecule has 106 valence electrons. The highest BCUT2D eigenvalue weighted by molar-refractivity contribution is 7.99. The number of benzene rings is 1. The summed E-state index contributed by atoms with van der Waals surface area (Å²) in [5, 5.41) is 1.01. The van der Waals surface area contributed by atoms with Crippen LogP contribution in [0.3, 0.4) is 0 Å². The minimum atomic E-state index is 0.00207. The topological polar surface area (TPSA) is 48.1 Å². The summed E-state index contributed by atoms with van der Waals surface area (Å²) < 4.78 is 5.56. The van der Waals surface area contributed by atoms with Crippen molar-refractivity contribution >= 4 is 11.8 Å². The lowest BCUT2D eigenvalue weighted by molar-refractivity contribution is 0.317. The Morgan fingerprint density at radius 2 is 2.00 bits per heavy atom. The fourth-order valence-corrected chi connectivity index (χ4v) is 2.59. The van der Waals surface area contributed by atoms with Gasteiger partial charge in [-0.05, 0) is 36.2 Å². The van der Waals surface area contributed by atoms with Gasteiger partial charge in [-0.3, -0.25) is 0 Å². The van der Waals surface area contributed by atoms with Crippen molar-refractivity contribution in [3.8, 4) is 5.75 Å². The molecule has 2 N–H and O–H groups in total. The first-order valence-corrected chi connectivity index (χ1v) is 7.80. The van der Waals surface area contributed by atoms with Crippen molar-refractivity contribution in [1.29, 1.82) is 0 Å². The lowest BCUT2D eigenvalue weighted by Gasteiger charge is -2.12. The molecule has 0 aliphatic rings. The van der Waals surface area contributed by atoms with Gasteiger partial charge < -0.3 is 10.5 Å². The first kappa shape index (κ1) is 14.9. The molecular weight excluding hydrogens is 268 g/mol. The van der Waals surface area contributed by atoms with Crippen LogP contribution in [0.2, 0.25) is 0 Å². The van der Waals surface area contributed by atoms with Crippen LogP contribution in [0, 0.1) is 0 Å². The van der Waals surface area contributed by atoms with Gasteiger partial charge in [-0.25, -0.2) is 4.98 Å². The number of aromatic nitrogens is 1. The molecule has 1 aromatic carbocycles. The van der Waals surface area contributed by atoms with E-state index in [-0.39, 0.29) is 6.04 Å². The standard InChI is InChI=1S/C16H20N2OS/c1-2-11-19-14-8-6-13(7-9-14)15(17)12-20-16-5-3-4-10-18-16/h3-10,15H,2,11-12,17H2,1H3. The predicted molar refractivity (Wildman–Crippen MR) is 84.1 cm³/mol. The maximum atomic E-state index is 6.20. The molecule has 4 heteroatoms. The Morgan fingerprint density at radius 1 is 1.20 bits per heavy atom. The lowest BCUT2D eigenvalue weighted by atomic mass is 10.1. The van der Waals surface area contributed by atoms with Crippen LogP contribution in [0.25, 0.3) is 0 Å². The molecule has 0 bridgehead atoms. The van der Waals surface area contributed by atoms with E-state index < -0.39 is 0 Å². The molecule has 20 heavy (non-hydrogen) atoms. The Hall–Kier alpha value is -1.52. The Labute approximate surface area is 124 Å². The van der Waals surface area contributed by atoms with Gasteiger partial charge in [0.15, 0.2) is 0 Å². The number of thioether (sulfide) groups is 1. The van der Waals surface area contributed by atoms with Gasteiger partial charge in [0.05, 0.1) is 11.6 Å². The second kappa shape index (κ2) is 7.92. The summed E-state index contributed by atoms with van der Waals surface area (Å²) >= 11 is 1.67. The van der Waals surface area contributed by atoms with Crippen LogP contribution in [0.1, 0.15) is 24.9 Å². The van der Waals surface area contributed by atoms with Crippen LogP contribution in [-0.2, 0) is 0 Å². The number of pyridine rings is 1. The number of nitrogens with two attached hydrogens (primary N) is 1. The molecule has 1 unspecified atom stereocenters. The molecule has 1 heterocycles. The second-order valence-corrected chi connectivity index (χ2v) is 5.54. The summed E-state index contributed by atoms with van der Waals surface area (Å²) in [6, 6.07) is 13.9. The second-order valence-electron chi connectivity index (χ2n) is 4.50. The van der Waals surface area contributed by atoms with Gasteiger partial charge in [-0.15, -0.1) is 11.8 Å². The highest BCUT2D eigenvalue weighted by Gasteiger charge is 2.07. The van der Waals surface area contributed by atoms with E-state index in [0.717, 1.165) is 35.1 Å². The molecule has 1 aromatic heterocycles. The molecule has 0 saturated heterocycles. The molecule has 1 atom stereocenters. The summed E-state index contributed by atoms with van der Waals surface area (Å²) in [5.41, 5.74) is 7.33. The highest BCUT2D eigenvalue weighted by atomic mass is 32.2. The highest BCUT2D eigenvalue weighted by Crippen LogP contribution is 2.23. The van der Waals surface area contributed by atoms with E-state index in [1.165, 1.54) is 0 Å². The van der Waals surface area contributed by atoms with Crippen molar-refractivity contribution in [2.45, 2.75) is 24.4 Å². The lowest BCUT2D eigenvalue weighted by Crippen LogP contribution is -2.13. The average molecular weight is 288 g/mol. The summed E-state index contributed by atoms with van der Waals surface area (Å²) in [6.45, 7) is 2.85. The van der Waals surface area contributed by atoms with Crippen molar-refractivity contribution in [3.63, 3.8) is 0 Å². The Morgan fingerprint density at radius 3 is 2.65 bits per heavy atom. The molecule has 0 radical (unpaired) electrons. The summed E-state index contributed by atoms with van der Waals surface area (Å²) in [7, 11) is 0. The van der Waals surface area contributed by atoms with Crippen LogP contribution < -0.4 is 10.5 Å². The Kier molecular flexibility index (Phi) is 5.89. The van der Waals surface area contributed by atoms with Crippen molar-refractivity contribution in [1.82, 2.24) is 4.98 Å². The third-order valence-corrected chi connectivity index (χ3v) is 3.89. The quantitative estimate of drug-likeness (QED) is 0.790. The van der Waals surface area contributed by atoms with Crippen LogP contribution in [-0.4, -0.2) is 17.3 Å². The smallest absolute Gasteiger partial charge is 0.119 e. The molecule has 0 spiro atoms. The Bertz CT molecular complexity index is 502. The van der Waals surface area contributed by atoms with Crippen LogP contribution in [0.15, 0.2) is 53.7 Å². The SMILES string of the molecule is CCCOc1ccc(C(N)CSc2ccccn2)cc1. The largest absolute Gasteiger partial charge is 0.494 e. The number of nitrogens with zero attached hydrogens (tertiary/aromatic N) is 1. The van der Waals surface area contributed by atoms with Gasteiger partial charge in [0.25, 0.3) is 0 Å². The van der Waals surface area contributed by atoms with Crippen molar-refractivity contribution < 1.29 is 4.74 Å². The average Bonchev–Trinajstić information content (AvgIpc) is 2.52. The number of hydrogen-bond acceptors (Lipinski definition) is 4. The van der Waals surface area contributed by atoms with E-state index in [9.17, 15) is 0 Å². The zero-order valence-electron chi connectivity index (χ0n) is 11.7. The minimum absolute atomic E-state index is 0.00207. The van der Waals surface area contributed by atoms with Crippen LogP contribution in [0.5, 0.6) is 5.75 Å². The van der Waals surface area contributed by atoms with E-state index in [1.54, 1.807) is 18.0 Å². The van der Waals surface area contributed by atoms with E-state index >= 15 is 0 Å². The summed E-state index contributed by atoms with van der Waals surface area (Å²) in [6.07, 6.45) is 2.82. The first-order valence-electron chi connectivity index (χ1n) is 6.81. The number of rotatable bonds is 7. The monoisotopic (exact) mass is 288 g/mol. The van der Waals surface area contributed by atoms with Gasteiger partial charge in [0.1, 0.15) is 5.75 Å². The zero-order chi connectivity index (χ0) is 14.2. The van der Waals surface area contributed by atoms with Gasteiger partial charge in [-0.1, -0.05) is 25.1 Å². The molecule has 0 fully saturated rings. The molecule has 3 nitrogen and oxygen atoms in total. The Balaban J connectivity index is 1.87. The van der Waals surface area contributed by atoms with Crippen LogP contribution in [0.4, 0.5) is 0 Å². The summed E-state index contributed by atoms with van der Waals surface area (Å²) in [5.74, 6) is 1.71. The van der Waals surface area contributed by atoms with Gasteiger partial charge in [-0.2, -0.15) is 0 Å². The molecule has 0 aliphatic carbocycles. The van der Waals surface area contributed by atoms with Gasteiger partial charge in [0.2, 0.25) is 0 Å². The minimum Gasteiger partial charge on any atom is -0.494 e. The van der Waals surface area contributed by atoms with Crippen molar-refractivity contribution in [2.24, 2.45) is 5.73 Å². The molecular formula is C16H20N2OS. The molecule has 0 aliphatic heterocycles. The number of hydrogen-bond donors (Lipinski definition) is 1. The molecule has 0 amide bonds. The summed E-state index contributed by atoms with van der Waals surface area (Å²) in [4.78, 5) is 4.28. The molecule has 2 aromatic rings. The van der Waals surface area contributed by atoms with Gasteiger partial charge in [0, 0.05) is 18.0 Å². The fourth-order valence-electron chi connectivity index (χ4n) is 1.74. The van der Waals surface area contributed by atoms with Crippen molar-refractivity contribution in [3.05, 3.63) is 54.2 Å². The predicted octanol–water partition coefficient (Wildman–Crippen LogP) is 3.66. The van der Waals surface area contributed by atoms with Crippen molar-refractivity contribution in [2.75, 3.05) is 12.4 Å². The van der Waals surface area contributed by atoms with E-state index in [4.69, 9.17) is 10.5 Å². The normalized spacial score (nSPS) is 12.1. The molecule has 2 rings (SSSR count). The van der Waals surface area contributed by atoms with Gasteiger partial charge >= 0.3 is 0 Å². The van der Waals surface area contributed by atoms with E-state index in [0.29, 0.717) is 0 Å². The number of ether oxygens (including phenoxy) is 1.